The molecule has 2 aromatic rings. The molecule has 0 radical (unpaired) electrons. The molecule has 0 spiro atoms. The SMILES string of the molecule is CCN(c1ccccc1)S(=O)(=O)c1ccc2c(c1)NC(=O)C(C)O2. The van der Waals surface area contributed by atoms with Crippen LogP contribution >= 0.6 is 0 Å². The molecule has 1 N–H and O–H groups in total. The van der Waals surface area contributed by atoms with Crippen LogP contribution in [-0.2, 0) is 14.8 Å². The van der Waals surface area contributed by atoms with E-state index in [1.54, 1.807) is 44.2 Å². The summed E-state index contributed by atoms with van der Waals surface area (Å²) >= 11 is 0. The molecular weight excluding hydrogens is 328 g/mol. The topological polar surface area (TPSA) is 75.7 Å². The summed E-state index contributed by atoms with van der Waals surface area (Å²) in [6, 6.07) is 13.4. The first-order valence-corrected chi connectivity index (χ1v) is 9.07. The lowest BCUT2D eigenvalue weighted by Crippen LogP contribution is -2.35. The maximum Gasteiger partial charge on any atom is 0.265 e. The van der Waals surface area contributed by atoms with Gasteiger partial charge in [0.1, 0.15) is 5.75 Å². The van der Waals surface area contributed by atoms with Crippen molar-refractivity contribution >= 4 is 27.3 Å². The van der Waals surface area contributed by atoms with Gasteiger partial charge in [-0.1, -0.05) is 18.2 Å². The fourth-order valence-electron chi connectivity index (χ4n) is 2.56. The molecular formula is C17H18N2O4S. The number of anilines is 2. The summed E-state index contributed by atoms with van der Waals surface area (Å²) in [7, 11) is -3.74. The van der Waals surface area contributed by atoms with Crippen molar-refractivity contribution in [3.63, 3.8) is 0 Å². The number of fused-ring (bicyclic) bond motifs is 1. The summed E-state index contributed by atoms with van der Waals surface area (Å²) in [6.45, 7) is 3.70. The molecule has 1 aliphatic heterocycles. The first-order chi connectivity index (χ1) is 11.4. The number of sulfonamides is 1. The van der Waals surface area contributed by atoms with Gasteiger partial charge in [0.2, 0.25) is 0 Å². The van der Waals surface area contributed by atoms with E-state index in [4.69, 9.17) is 4.74 Å². The Hall–Kier alpha value is -2.54. The minimum Gasteiger partial charge on any atom is -0.479 e. The Labute approximate surface area is 141 Å². The molecule has 0 fully saturated rings. The van der Waals surface area contributed by atoms with E-state index in [0.717, 1.165) is 0 Å². The standard InChI is InChI=1S/C17H18N2O4S/c1-3-19(13-7-5-4-6-8-13)24(21,22)14-9-10-16-15(11-14)18-17(20)12(2)23-16/h4-12H,3H2,1-2H3,(H,18,20). The number of benzene rings is 2. The monoisotopic (exact) mass is 346 g/mol. The molecule has 0 bridgehead atoms. The van der Waals surface area contributed by atoms with Gasteiger partial charge in [0.05, 0.1) is 16.3 Å². The summed E-state index contributed by atoms with van der Waals surface area (Å²) in [5, 5.41) is 2.67. The average Bonchev–Trinajstić information content (AvgIpc) is 2.57. The fraction of sp³-hybridized carbons (Fsp3) is 0.235. The summed E-state index contributed by atoms with van der Waals surface area (Å²) in [6.07, 6.45) is -0.601. The highest BCUT2D eigenvalue weighted by molar-refractivity contribution is 7.92. The second-order valence-corrected chi connectivity index (χ2v) is 7.27. The number of nitrogens with one attached hydrogen (secondary N) is 1. The van der Waals surface area contributed by atoms with Crippen LogP contribution in [0.3, 0.4) is 0 Å². The Morgan fingerprint density at radius 1 is 1.17 bits per heavy atom. The number of nitrogens with zero attached hydrogens (tertiary/aromatic N) is 1. The highest BCUT2D eigenvalue weighted by Crippen LogP contribution is 2.33. The Kier molecular flexibility index (Phi) is 4.19. The smallest absolute Gasteiger partial charge is 0.265 e. The third-order valence-corrected chi connectivity index (χ3v) is 5.70. The second-order valence-electron chi connectivity index (χ2n) is 5.41. The number of ether oxygens (including phenoxy) is 1. The Morgan fingerprint density at radius 2 is 1.88 bits per heavy atom. The van der Waals surface area contributed by atoms with Crippen LogP contribution in [-0.4, -0.2) is 27.0 Å². The molecule has 0 saturated carbocycles. The fourth-order valence-corrected chi connectivity index (χ4v) is 4.06. The summed E-state index contributed by atoms with van der Waals surface area (Å²) in [5.74, 6) is 0.163. The van der Waals surface area contributed by atoms with E-state index in [1.807, 2.05) is 6.07 Å². The summed E-state index contributed by atoms with van der Waals surface area (Å²) in [5.41, 5.74) is 0.954. The quantitative estimate of drug-likeness (QED) is 0.923. The molecule has 1 atom stereocenters. The van der Waals surface area contributed by atoms with Crippen LogP contribution in [0.5, 0.6) is 5.75 Å². The van der Waals surface area contributed by atoms with Crippen molar-refractivity contribution in [3.05, 3.63) is 48.5 Å². The van der Waals surface area contributed by atoms with Crippen molar-refractivity contribution in [2.75, 3.05) is 16.2 Å². The maximum atomic E-state index is 13.0. The van der Waals surface area contributed by atoms with Gasteiger partial charge in [-0.05, 0) is 44.2 Å². The number of carbonyl (C=O) groups is 1. The lowest BCUT2D eigenvalue weighted by molar-refractivity contribution is -0.122. The molecule has 7 heteroatoms. The van der Waals surface area contributed by atoms with Gasteiger partial charge < -0.3 is 10.1 Å². The highest BCUT2D eigenvalue weighted by Gasteiger charge is 2.28. The van der Waals surface area contributed by atoms with Gasteiger partial charge in [-0.15, -0.1) is 0 Å². The van der Waals surface area contributed by atoms with Crippen LogP contribution in [0, 0.1) is 0 Å². The summed E-state index contributed by atoms with van der Waals surface area (Å²) < 4.78 is 32.7. The molecule has 0 saturated heterocycles. The van der Waals surface area contributed by atoms with Gasteiger partial charge in [-0.25, -0.2) is 8.42 Å². The Morgan fingerprint density at radius 3 is 2.54 bits per heavy atom. The number of para-hydroxylation sites is 1. The predicted molar refractivity (Wildman–Crippen MR) is 91.8 cm³/mol. The molecule has 0 aliphatic carbocycles. The first kappa shape index (κ1) is 16.3. The van der Waals surface area contributed by atoms with Gasteiger partial charge in [0, 0.05) is 6.54 Å². The van der Waals surface area contributed by atoms with Crippen LogP contribution in [0.15, 0.2) is 53.4 Å². The normalized spacial score (nSPS) is 16.8. The van der Waals surface area contributed by atoms with Crippen molar-refractivity contribution in [1.29, 1.82) is 0 Å². The third kappa shape index (κ3) is 2.82. The minimum absolute atomic E-state index is 0.102. The number of rotatable bonds is 4. The van der Waals surface area contributed by atoms with Gasteiger partial charge >= 0.3 is 0 Å². The zero-order valence-corrected chi connectivity index (χ0v) is 14.2. The Bertz CT molecular complexity index is 865. The first-order valence-electron chi connectivity index (χ1n) is 7.63. The molecule has 1 unspecified atom stereocenters. The van der Waals surface area contributed by atoms with Crippen molar-refractivity contribution in [2.24, 2.45) is 0 Å². The molecule has 1 amide bonds. The van der Waals surface area contributed by atoms with Crippen molar-refractivity contribution in [2.45, 2.75) is 24.8 Å². The molecule has 2 aromatic carbocycles. The van der Waals surface area contributed by atoms with Crippen LogP contribution in [0.4, 0.5) is 11.4 Å². The van der Waals surface area contributed by atoms with Gasteiger partial charge in [0.25, 0.3) is 15.9 Å². The number of amides is 1. The third-order valence-electron chi connectivity index (χ3n) is 3.80. The van der Waals surface area contributed by atoms with Gasteiger partial charge in [-0.3, -0.25) is 9.10 Å². The van der Waals surface area contributed by atoms with E-state index >= 15 is 0 Å². The average molecular weight is 346 g/mol. The lowest BCUT2D eigenvalue weighted by Gasteiger charge is -2.26. The van der Waals surface area contributed by atoms with Gasteiger partial charge in [0.15, 0.2) is 6.10 Å². The molecule has 24 heavy (non-hydrogen) atoms. The molecule has 0 aromatic heterocycles. The minimum atomic E-state index is -3.74. The molecule has 126 valence electrons. The van der Waals surface area contributed by atoms with Crippen molar-refractivity contribution in [3.8, 4) is 5.75 Å². The second kappa shape index (κ2) is 6.16. The molecule has 1 heterocycles. The highest BCUT2D eigenvalue weighted by atomic mass is 32.2. The van der Waals surface area contributed by atoms with Crippen molar-refractivity contribution < 1.29 is 17.9 Å². The van der Waals surface area contributed by atoms with E-state index in [0.29, 0.717) is 23.7 Å². The molecule has 6 nitrogen and oxygen atoms in total. The molecule has 1 aliphatic rings. The van der Waals surface area contributed by atoms with Gasteiger partial charge in [-0.2, -0.15) is 0 Å². The van der Waals surface area contributed by atoms with Crippen LogP contribution in [0.25, 0.3) is 0 Å². The predicted octanol–water partition coefficient (Wildman–Crippen LogP) is 2.62. The van der Waals surface area contributed by atoms with E-state index in [9.17, 15) is 13.2 Å². The van der Waals surface area contributed by atoms with E-state index in [2.05, 4.69) is 5.32 Å². The van der Waals surface area contributed by atoms with Crippen LogP contribution < -0.4 is 14.4 Å². The van der Waals surface area contributed by atoms with Crippen LogP contribution in [0.1, 0.15) is 13.8 Å². The maximum absolute atomic E-state index is 13.0. The number of hydrogen-bond donors (Lipinski definition) is 1. The molecule has 3 rings (SSSR count). The summed E-state index contributed by atoms with van der Waals surface area (Å²) in [4.78, 5) is 11.8. The lowest BCUT2D eigenvalue weighted by atomic mass is 10.2. The Balaban J connectivity index is 2.01. The van der Waals surface area contributed by atoms with Crippen LogP contribution in [0.2, 0.25) is 0 Å². The zero-order chi connectivity index (χ0) is 17.3. The number of hydrogen-bond acceptors (Lipinski definition) is 4. The van der Waals surface area contributed by atoms with E-state index in [-0.39, 0.29) is 10.8 Å². The van der Waals surface area contributed by atoms with E-state index < -0.39 is 16.1 Å². The van der Waals surface area contributed by atoms with E-state index in [1.165, 1.54) is 16.4 Å². The van der Waals surface area contributed by atoms with Crippen molar-refractivity contribution in [1.82, 2.24) is 0 Å². The largest absolute Gasteiger partial charge is 0.479 e. The zero-order valence-electron chi connectivity index (χ0n) is 13.4. The number of carbonyl (C=O) groups excluding carboxylic acids is 1.